The molecule has 0 spiro atoms. The van der Waals surface area contributed by atoms with Gasteiger partial charge in [0, 0.05) is 37.4 Å². The van der Waals surface area contributed by atoms with E-state index in [4.69, 9.17) is 9.97 Å². The van der Waals surface area contributed by atoms with Crippen LogP contribution in [-0.2, 0) is 19.3 Å². The number of rotatable bonds is 7. The standard InChI is InChI=1S/C22H29N5/c1-2-7-18(15-23)16-25-22-19-10-12-24-13-11-20(19)26-21(27-22)14-17-8-5-3-4-6-9-17/h3-6,8-9,17-18,24H,2,7,10-14,16H2,1H3,(H,25,26,27). The topological polar surface area (TPSA) is 73.6 Å². The summed E-state index contributed by atoms with van der Waals surface area (Å²) in [6, 6.07) is 2.41. The summed E-state index contributed by atoms with van der Waals surface area (Å²) in [6.07, 6.45) is 17.2. The van der Waals surface area contributed by atoms with Gasteiger partial charge in [-0.05, 0) is 19.4 Å². The van der Waals surface area contributed by atoms with Crippen LogP contribution >= 0.6 is 0 Å². The van der Waals surface area contributed by atoms with Crippen LogP contribution in [0.1, 0.15) is 36.8 Å². The molecular weight excluding hydrogens is 334 g/mol. The van der Waals surface area contributed by atoms with Gasteiger partial charge in [-0.1, -0.05) is 49.8 Å². The van der Waals surface area contributed by atoms with Crippen LogP contribution in [-0.4, -0.2) is 29.6 Å². The van der Waals surface area contributed by atoms with Crippen molar-refractivity contribution in [3.05, 3.63) is 53.5 Å². The van der Waals surface area contributed by atoms with E-state index in [0.29, 0.717) is 12.5 Å². The molecule has 3 rings (SSSR count). The maximum atomic E-state index is 9.36. The van der Waals surface area contributed by atoms with Crippen LogP contribution in [0.25, 0.3) is 0 Å². The molecule has 5 heteroatoms. The fourth-order valence-electron chi connectivity index (χ4n) is 3.57. The number of nitriles is 1. The molecule has 1 aromatic heterocycles. The van der Waals surface area contributed by atoms with E-state index in [-0.39, 0.29) is 5.92 Å². The van der Waals surface area contributed by atoms with Crippen LogP contribution in [0.2, 0.25) is 0 Å². The maximum absolute atomic E-state index is 9.36. The monoisotopic (exact) mass is 363 g/mol. The van der Waals surface area contributed by atoms with Gasteiger partial charge in [-0.2, -0.15) is 5.26 Å². The summed E-state index contributed by atoms with van der Waals surface area (Å²) in [4.78, 5) is 9.77. The molecule has 142 valence electrons. The van der Waals surface area contributed by atoms with Crippen molar-refractivity contribution in [2.24, 2.45) is 11.8 Å². The smallest absolute Gasteiger partial charge is 0.133 e. The summed E-state index contributed by atoms with van der Waals surface area (Å²) in [5, 5.41) is 16.3. The van der Waals surface area contributed by atoms with Gasteiger partial charge in [-0.3, -0.25) is 0 Å². The third kappa shape index (κ3) is 5.51. The van der Waals surface area contributed by atoms with Gasteiger partial charge in [-0.15, -0.1) is 0 Å². The molecule has 1 aliphatic heterocycles. The molecule has 27 heavy (non-hydrogen) atoms. The highest BCUT2D eigenvalue weighted by atomic mass is 15.0. The predicted octanol–water partition coefficient (Wildman–Crippen LogP) is 3.36. The van der Waals surface area contributed by atoms with Gasteiger partial charge in [0.1, 0.15) is 11.6 Å². The predicted molar refractivity (Wildman–Crippen MR) is 109 cm³/mol. The lowest BCUT2D eigenvalue weighted by atomic mass is 10.0. The molecule has 1 aliphatic carbocycles. The number of aromatic nitrogens is 2. The number of hydrogen-bond donors (Lipinski definition) is 2. The van der Waals surface area contributed by atoms with Gasteiger partial charge in [0.2, 0.25) is 0 Å². The normalized spacial score (nSPS) is 17.6. The van der Waals surface area contributed by atoms with Crippen LogP contribution in [0.5, 0.6) is 0 Å². The minimum Gasteiger partial charge on any atom is -0.368 e. The van der Waals surface area contributed by atoms with Gasteiger partial charge in [0.15, 0.2) is 0 Å². The molecule has 0 amide bonds. The lowest BCUT2D eigenvalue weighted by Gasteiger charge is -2.17. The van der Waals surface area contributed by atoms with E-state index in [1.54, 1.807) is 0 Å². The Morgan fingerprint density at radius 3 is 2.70 bits per heavy atom. The Morgan fingerprint density at radius 2 is 1.96 bits per heavy atom. The van der Waals surface area contributed by atoms with Gasteiger partial charge in [0.05, 0.1) is 17.7 Å². The Hall–Kier alpha value is -2.45. The number of nitrogens with one attached hydrogen (secondary N) is 2. The summed E-state index contributed by atoms with van der Waals surface area (Å²) in [6.45, 7) is 4.66. The first-order valence-electron chi connectivity index (χ1n) is 10.0. The van der Waals surface area contributed by atoms with E-state index in [1.807, 2.05) is 12.2 Å². The van der Waals surface area contributed by atoms with Crippen LogP contribution in [0.4, 0.5) is 5.82 Å². The van der Waals surface area contributed by atoms with Crippen LogP contribution in [0.15, 0.2) is 36.5 Å². The molecule has 1 atom stereocenters. The second-order valence-electron chi connectivity index (χ2n) is 7.18. The molecule has 0 fully saturated rings. The minimum atomic E-state index is 0.0202. The zero-order chi connectivity index (χ0) is 18.9. The van der Waals surface area contributed by atoms with Gasteiger partial charge in [0.25, 0.3) is 0 Å². The Bertz CT molecular complexity index is 741. The molecule has 0 radical (unpaired) electrons. The summed E-state index contributed by atoms with van der Waals surface area (Å²) >= 11 is 0. The Kier molecular flexibility index (Phi) is 7.18. The summed E-state index contributed by atoms with van der Waals surface area (Å²) in [5.41, 5.74) is 2.36. The lowest BCUT2D eigenvalue weighted by molar-refractivity contribution is 0.616. The van der Waals surface area contributed by atoms with E-state index in [1.165, 1.54) is 5.56 Å². The van der Waals surface area contributed by atoms with Crippen molar-refractivity contribution in [1.82, 2.24) is 15.3 Å². The third-order valence-electron chi connectivity index (χ3n) is 5.03. The molecule has 5 nitrogen and oxygen atoms in total. The molecule has 2 aliphatic rings. The van der Waals surface area contributed by atoms with Crippen molar-refractivity contribution in [2.45, 2.75) is 39.0 Å². The Balaban J connectivity index is 1.82. The highest BCUT2D eigenvalue weighted by Gasteiger charge is 2.18. The van der Waals surface area contributed by atoms with Gasteiger partial charge in [-0.25, -0.2) is 9.97 Å². The van der Waals surface area contributed by atoms with Crippen molar-refractivity contribution in [3.8, 4) is 6.07 Å². The third-order valence-corrected chi connectivity index (χ3v) is 5.03. The zero-order valence-electron chi connectivity index (χ0n) is 16.1. The van der Waals surface area contributed by atoms with Crippen molar-refractivity contribution in [3.63, 3.8) is 0 Å². The first-order chi connectivity index (χ1) is 13.3. The second kappa shape index (κ2) is 10.0. The SMILES string of the molecule is CCCC(C#N)CNc1nc(CC2C=CC=CC=C2)nc2c1CCNCC2. The van der Waals surface area contributed by atoms with Crippen molar-refractivity contribution < 1.29 is 0 Å². The van der Waals surface area contributed by atoms with Crippen LogP contribution in [0, 0.1) is 23.2 Å². The second-order valence-corrected chi connectivity index (χ2v) is 7.18. The molecule has 0 saturated heterocycles. The van der Waals surface area contributed by atoms with E-state index in [2.05, 4.69) is 47.9 Å². The van der Waals surface area contributed by atoms with Gasteiger partial charge < -0.3 is 10.6 Å². The fraction of sp³-hybridized carbons (Fsp3) is 0.500. The Morgan fingerprint density at radius 1 is 1.19 bits per heavy atom. The summed E-state index contributed by atoms with van der Waals surface area (Å²) in [7, 11) is 0. The average Bonchev–Trinajstić information content (AvgIpc) is 3.07. The molecular formula is C22H29N5. The number of nitrogens with zero attached hydrogens (tertiary/aromatic N) is 3. The van der Waals surface area contributed by atoms with E-state index in [9.17, 15) is 5.26 Å². The van der Waals surface area contributed by atoms with E-state index >= 15 is 0 Å². The zero-order valence-corrected chi connectivity index (χ0v) is 16.1. The van der Waals surface area contributed by atoms with Crippen LogP contribution < -0.4 is 10.6 Å². The molecule has 2 N–H and O–H groups in total. The largest absolute Gasteiger partial charge is 0.368 e. The summed E-state index contributed by atoms with van der Waals surface area (Å²) in [5.74, 6) is 2.13. The van der Waals surface area contributed by atoms with Gasteiger partial charge >= 0.3 is 0 Å². The molecule has 0 bridgehead atoms. The number of fused-ring (bicyclic) bond motifs is 1. The minimum absolute atomic E-state index is 0.0202. The Labute approximate surface area is 162 Å². The van der Waals surface area contributed by atoms with Crippen molar-refractivity contribution >= 4 is 5.82 Å². The first kappa shape index (κ1) is 19.3. The number of anilines is 1. The number of allylic oxidation sites excluding steroid dienone is 6. The summed E-state index contributed by atoms with van der Waals surface area (Å²) < 4.78 is 0. The quantitative estimate of drug-likeness (QED) is 0.777. The highest BCUT2D eigenvalue weighted by Crippen LogP contribution is 2.22. The maximum Gasteiger partial charge on any atom is 0.133 e. The highest BCUT2D eigenvalue weighted by molar-refractivity contribution is 5.48. The number of hydrogen-bond acceptors (Lipinski definition) is 5. The van der Waals surface area contributed by atoms with Crippen molar-refractivity contribution in [1.29, 1.82) is 5.26 Å². The van der Waals surface area contributed by atoms with Crippen LogP contribution in [0.3, 0.4) is 0 Å². The van der Waals surface area contributed by atoms with E-state index in [0.717, 1.165) is 62.5 Å². The molecule has 0 aromatic carbocycles. The van der Waals surface area contributed by atoms with E-state index < -0.39 is 0 Å². The first-order valence-corrected chi connectivity index (χ1v) is 10.0. The molecule has 1 aromatic rings. The molecule has 2 heterocycles. The molecule has 1 unspecified atom stereocenters. The fourth-order valence-corrected chi connectivity index (χ4v) is 3.57. The van der Waals surface area contributed by atoms with Crippen molar-refractivity contribution in [2.75, 3.05) is 25.0 Å². The molecule has 0 saturated carbocycles. The lowest BCUT2D eigenvalue weighted by Crippen LogP contribution is -2.18. The average molecular weight is 364 g/mol.